The van der Waals surface area contributed by atoms with Crippen LogP contribution in [0, 0.1) is 17.6 Å². The minimum atomic E-state index is -0.414. The lowest BCUT2D eigenvalue weighted by atomic mass is 10.0. The van der Waals surface area contributed by atoms with Gasteiger partial charge in [-0.25, -0.2) is 8.78 Å². The molecule has 0 spiro atoms. The number of rotatable bonds is 8. The van der Waals surface area contributed by atoms with Gasteiger partial charge in [0.1, 0.15) is 11.6 Å². The number of aliphatic imine (C=N–C) groups is 1. The number of guanidine groups is 1. The van der Waals surface area contributed by atoms with E-state index < -0.39 is 5.82 Å². The van der Waals surface area contributed by atoms with E-state index in [-0.39, 0.29) is 5.82 Å². The molecule has 2 fully saturated rings. The van der Waals surface area contributed by atoms with E-state index in [2.05, 4.69) is 10.2 Å². The second kappa shape index (κ2) is 12.1. The van der Waals surface area contributed by atoms with Gasteiger partial charge in [-0.1, -0.05) is 0 Å². The van der Waals surface area contributed by atoms with Crippen LogP contribution in [0.4, 0.5) is 14.5 Å². The first-order valence-corrected chi connectivity index (χ1v) is 11.1. The number of hydrogen-bond acceptors (Lipinski definition) is 4. The van der Waals surface area contributed by atoms with Crippen LogP contribution in [-0.4, -0.2) is 76.6 Å². The van der Waals surface area contributed by atoms with E-state index in [0.717, 1.165) is 57.7 Å². The number of nitrogens with zero attached hydrogens (tertiary/aromatic N) is 3. The Morgan fingerprint density at radius 3 is 2.70 bits per heavy atom. The molecular weight excluding hydrogens is 390 g/mol. The average molecular weight is 425 g/mol. The summed E-state index contributed by atoms with van der Waals surface area (Å²) in [6, 6.07) is 3.61. The van der Waals surface area contributed by atoms with E-state index in [1.54, 1.807) is 0 Å². The highest BCUT2D eigenvalue weighted by atomic mass is 19.1. The van der Waals surface area contributed by atoms with Crippen LogP contribution >= 0.6 is 0 Å². The van der Waals surface area contributed by atoms with E-state index in [1.807, 2.05) is 11.8 Å². The third kappa shape index (κ3) is 6.80. The fraction of sp³-hybridized carbons (Fsp3) is 0.682. The molecule has 2 saturated heterocycles. The Bertz CT molecular complexity index is 675. The maximum absolute atomic E-state index is 14.0. The SMILES string of the molecule is CCNC(=NCCCOCC1CCOCC1)N1CCN(c2cc(F)ccc2F)CC1. The third-order valence-electron chi connectivity index (χ3n) is 5.57. The topological polar surface area (TPSA) is 49.3 Å². The molecule has 3 rings (SSSR count). The minimum absolute atomic E-state index is 0.332. The van der Waals surface area contributed by atoms with Gasteiger partial charge < -0.3 is 24.6 Å². The zero-order valence-corrected chi connectivity index (χ0v) is 17.9. The normalized spacial score (nSPS) is 18.7. The molecule has 0 bridgehead atoms. The van der Waals surface area contributed by atoms with Crippen molar-refractivity contribution in [1.82, 2.24) is 10.2 Å². The molecule has 0 amide bonds. The summed E-state index contributed by atoms with van der Waals surface area (Å²) in [7, 11) is 0. The van der Waals surface area contributed by atoms with Crippen molar-refractivity contribution >= 4 is 11.6 Å². The van der Waals surface area contributed by atoms with Crippen LogP contribution in [0.1, 0.15) is 26.2 Å². The second-order valence-corrected chi connectivity index (χ2v) is 7.79. The van der Waals surface area contributed by atoms with E-state index >= 15 is 0 Å². The number of hydrogen-bond donors (Lipinski definition) is 1. The average Bonchev–Trinajstić information content (AvgIpc) is 2.78. The smallest absolute Gasteiger partial charge is 0.194 e. The maximum Gasteiger partial charge on any atom is 0.194 e. The van der Waals surface area contributed by atoms with Crippen LogP contribution < -0.4 is 10.2 Å². The van der Waals surface area contributed by atoms with E-state index in [1.165, 1.54) is 12.1 Å². The lowest BCUT2D eigenvalue weighted by Crippen LogP contribution is -2.52. The molecule has 0 unspecified atom stereocenters. The van der Waals surface area contributed by atoms with Gasteiger partial charge in [-0.05, 0) is 44.2 Å². The summed E-state index contributed by atoms with van der Waals surface area (Å²) in [5.41, 5.74) is 0.332. The summed E-state index contributed by atoms with van der Waals surface area (Å²) in [5.74, 6) is 0.703. The molecule has 2 aliphatic rings. The number of piperazine rings is 1. The van der Waals surface area contributed by atoms with Crippen LogP contribution in [0.2, 0.25) is 0 Å². The van der Waals surface area contributed by atoms with Gasteiger partial charge in [0.05, 0.1) is 5.69 Å². The quantitative estimate of drug-likeness (QED) is 0.395. The molecule has 0 atom stereocenters. The molecular formula is C22H34F2N4O2. The van der Waals surface area contributed by atoms with Gasteiger partial charge in [0.2, 0.25) is 0 Å². The Kier molecular flexibility index (Phi) is 9.14. The molecule has 1 aromatic rings. The summed E-state index contributed by atoms with van der Waals surface area (Å²) in [6.07, 6.45) is 3.06. The van der Waals surface area contributed by atoms with Crippen molar-refractivity contribution in [2.75, 3.05) is 70.6 Å². The highest BCUT2D eigenvalue weighted by Crippen LogP contribution is 2.22. The van der Waals surface area contributed by atoms with Gasteiger partial charge in [-0.2, -0.15) is 0 Å². The molecule has 1 aromatic carbocycles. The van der Waals surface area contributed by atoms with Crippen molar-refractivity contribution < 1.29 is 18.3 Å². The monoisotopic (exact) mass is 424 g/mol. The first-order valence-electron chi connectivity index (χ1n) is 11.1. The molecule has 6 nitrogen and oxygen atoms in total. The molecule has 2 aliphatic heterocycles. The summed E-state index contributed by atoms with van der Waals surface area (Å²) >= 11 is 0. The van der Waals surface area contributed by atoms with Crippen molar-refractivity contribution in [3.05, 3.63) is 29.8 Å². The van der Waals surface area contributed by atoms with Crippen molar-refractivity contribution in [2.24, 2.45) is 10.9 Å². The Hall–Kier alpha value is -1.93. The number of anilines is 1. The minimum Gasteiger partial charge on any atom is -0.381 e. The Morgan fingerprint density at radius 1 is 1.20 bits per heavy atom. The maximum atomic E-state index is 14.0. The summed E-state index contributed by atoms with van der Waals surface area (Å²) in [5, 5.41) is 3.34. The van der Waals surface area contributed by atoms with Crippen molar-refractivity contribution in [1.29, 1.82) is 0 Å². The van der Waals surface area contributed by atoms with Gasteiger partial charge >= 0.3 is 0 Å². The molecule has 1 N–H and O–H groups in total. The van der Waals surface area contributed by atoms with Crippen LogP contribution in [0.25, 0.3) is 0 Å². The zero-order chi connectivity index (χ0) is 21.2. The van der Waals surface area contributed by atoms with E-state index in [9.17, 15) is 8.78 Å². The Morgan fingerprint density at radius 2 is 1.97 bits per heavy atom. The molecule has 30 heavy (non-hydrogen) atoms. The largest absolute Gasteiger partial charge is 0.381 e. The van der Waals surface area contributed by atoms with Gasteiger partial charge in [0.25, 0.3) is 0 Å². The first-order chi connectivity index (χ1) is 14.7. The molecule has 0 aliphatic carbocycles. The second-order valence-electron chi connectivity index (χ2n) is 7.79. The Balaban J connectivity index is 1.41. The lowest BCUT2D eigenvalue weighted by molar-refractivity contribution is 0.0205. The van der Waals surface area contributed by atoms with E-state index in [0.29, 0.717) is 50.9 Å². The molecule has 168 valence electrons. The summed E-state index contributed by atoms with van der Waals surface area (Å²) in [4.78, 5) is 8.80. The first kappa shape index (κ1) is 22.7. The number of ether oxygens (including phenoxy) is 2. The van der Waals surface area contributed by atoms with E-state index in [4.69, 9.17) is 14.5 Å². The zero-order valence-electron chi connectivity index (χ0n) is 17.9. The van der Waals surface area contributed by atoms with Gasteiger partial charge in [-0.15, -0.1) is 0 Å². The standard InChI is InChI=1S/C22H34F2N4O2/c1-2-25-22(26-8-3-13-30-17-18-6-14-29-15-7-18)28-11-9-27(10-12-28)21-16-19(23)4-5-20(21)24/h4-5,16,18H,2-3,6-15,17H2,1H3,(H,25,26). The van der Waals surface area contributed by atoms with Crippen molar-refractivity contribution in [2.45, 2.75) is 26.2 Å². The third-order valence-corrected chi connectivity index (χ3v) is 5.57. The highest BCUT2D eigenvalue weighted by Gasteiger charge is 2.22. The van der Waals surface area contributed by atoms with Crippen molar-refractivity contribution in [3.8, 4) is 0 Å². The van der Waals surface area contributed by atoms with Gasteiger partial charge in [0, 0.05) is 71.8 Å². The molecule has 0 saturated carbocycles. The predicted octanol–water partition coefficient (Wildman–Crippen LogP) is 2.89. The fourth-order valence-electron chi connectivity index (χ4n) is 3.83. The molecule has 0 radical (unpaired) electrons. The highest BCUT2D eigenvalue weighted by molar-refractivity contribution is 5.80. The Labute approximate surface area is 178 Å². The summed E-state index contributed by atoms with van der Waals surface area (Å²) in [6.45, 7) is 9.44. The number of nitrogens with one attached hydrogen (secondary N) is 1. The van der Waals surface area contributed by atoms with Crippen LogP contribution in [-0.2, 0) is 9.47 Å². The van der Waals surface area contributed by atoms with Gasteiger partial charge in [-0.3, -0.25) is 4.99 Å². The van der Waals surface area contributed by atoms with Crippen molar-refractivity contribution in [3.63, 3.8) is 0 Å². The lowest BCUT2D eigenvalue weighted by Gasteiger charge is -2.37. The van der Waals surface area contributed by atoms with Crippen LogP contribution in [0.3, 0.4) is 0 Å². The van der Waals surface area contributed by atoms with Crippen LogP contribution in [0.15, 0.2) is 23.2 Å². The fourth-order valence-corrected chi connectivity index (χ4v) is 3.83. The number of benzene rings is 1. The molecule has 2 heterocycles. The molecule has 8 heteroatoms. The van der Waals surface area contributed by atoms with Gasteiger partial charge in [0.15, 0.2) is 5.96 Å². The summed E-state index contributed by atoms with van der Waals surface area (Å²) < 4.78 is 38.7. The molecule has 0 aromatic heterocycles. The predicted molar refractivity (Wildman–Crippen MR) is 115 cm³/mol. The van der Waals surface area contributed by atoms with Crippen LogP contribution in [0.5, 0.6) is 0 Å². The number of halogens is 2.